The molecule has 128 valence electrons. The fourth-order valence-electron chi connectivity index (χ4n) is 3.15. The van der Waals surface area contributed by atoms with Crippen LogP contribution in [0.3, 0.4) is 0 Å². The topological polar surface area (TPSA) is 81.7 Å². The summed E-state index contributed by atoms with van der Waals surface area (Å²) < 4.78 is 4.02. The van der Waals surface area contributed by atoms with Crippen LogP contribution in [0.15, 0.2) is 43.2 Å². The molecular weight excluding hydrogens is 318 g/mol. The van der Waals surface area contributed by atoms with Gasteiger partial charge in [-0.05, 0) is 13.0 Å². The van der Waals surface area contributed by atoms with Crippen molar-refractivity contribution in [3.05, 3.63) is 60.5 Å². The molecule has 8 nitrogen and oxygen atoms in total. The molecule has 0 radical (unpaired) electrons. The van der Waals surface area contributed by atoms with Crippen LogP contribution in [0.5, 0.6) is 0 Å². The average molecular weight is 337 g/mol. The zero-order chi connectivity index (χ0) is 17.2. The molecule has 1 atom stereocenters. The summed E-state index contributed by atoms with van der Waals surface area (Å²) in [6.07, 6.45) is 10.6. The van der Waals surface area contributed by atoms with Crippen LogP contribution in [0.1, 0.15) is 22.0 Å². The molecule has 3 aromatic rings. The van der Waals surface area contributed by atoms with Crippen LogP contribution in [0.2, 0.25) is 0 Å². The lowest BCUT2D eigenvalue weighted by atomic mass is 10.1. The van der Waals surface area contributed by atoms with Gasteiger partial charge >= 0.3 is 0 Å². The number of carbonyl (C=O) groups is 1. The molecule has 0 saturated heterocycles. The molecule has 4 heterocycles. The van der Waals surface area contributed by atoms with Crippen molar-refractivity contribution in [3.8, 4) is 0 Å². The molecule has 0 saturated carbocycles. The molecule has 0 aliphatic carbocycles. The highest BCUT2D eigenvalue weighted by atomic mass is 16.2. The van der Waals surface area contributed by atoms with Crippen molar-refractivity contribution in [2.24, 2.45) is 5.92 Å². The van der Waals surface area contributed by atoms with E-state index in [0.717, 1.165) is 24.6 Å². The van der Waals surface area contributed by atoms with Crippen molar-refractivity contribution >= 4 is 5.91 Å². The van der Waals surface area contributed by atoms with Gasteiger partial charge in [-0.1, -0.05) is 0 Å². The van der Waals surface area contributed by atoms with Gasteiger partial charge in [0.15, 0.2) is 0 Å². The Hall–Kier alpha value is -3.03. The largest absolute Gasteiger partial charge is 0.333 e. The van der Waals surface area contributed by atoms with E-state index in [-0.39, 0.29) is 11.8 Å². The van der Waals surface area contributed by atoms with Gasteiger partial charge in [0, 0.05) is 56.5 Å². The molecule has 0 fully saturated rings. The summed E-state index contributed by atoms with van der Waals surface area (Å²) in [7, 11) is 0. The van der Waals surface area contributed by atoms with Crippen LogP contribution in [0, 0.1) is 12.8 Å². The maximum absolute atomic E-state index is 12.9. The number of fused-ring (bicyclic) bond motifs is 1. The number of hydrogen-bond acceptors (Lipinski definition) is 5. The zero-order valence-electron chi connectivity index (χ0n) is 14.0. The third kappa shape index (κ3) is 3.28. The van der Waals surface area contributed by atoms with E-state index in [1.807, 2.05) is 30.1 Å². The summed E-state index contributed by atoms with van der Waals surface area (Å²) in [5.41, 5.74) is 1.16. The summed E-state index contributed by atoms with van der Waals surface area (Å²) in [6, 6.07) is 1.91. The predicted molar refractivity (Wildman–Crippen MR) is 89.5 cm³/mol. The van der Waals surface area contributed by atoms with Crippen LogP contribution in [0.4, 0.5) is 0 Å². The number of carbonyl (C=O) groups excluding carboxylic acids is 1. The Balaban J connectivity index is 1.60. The molecular formula is C17H19N7O. The van der Waals surface area contributed by atoms with Crippen molar-refractivity contribution in [1.29, 1.82) is 0 Å². The van der Waals surface area contributed by atoms with E-state index in [1.165, 1.54) is 6.20 Å². The second-order valence-electron chi connectivity index (χ2n) is 6.32. The van der Waals surface area contributed by atoms with Crippen LogP contribution in [-0.2, 0) is 19.6 Å². The summed E-state index contributed by atoms with van der Waals surface area (Å²) in [6.45, 7) is 4.49. The monoisotopic (exact) mass is 337 g/mol. The van der Waals surface area contributed by atoms with Gasteiger partial charge in [-0.3, -0.25) is 14.5 Å². The Kier molecular flexibility index (Phi) is 4.01. The van der Waals surface area contributed by atoms with Gasteiger partial charge in [-0.25, -0.2) is 9.97 Å². The van der Waals surface area contributed by atoms with E-state index in [4.69, 9.17) is 0 Å². The van der Waals surface area contributed by atoms with Gasteiger partial charge in [0.25, 0.3) is 5.91 Å². The first-order valence-corrected chi connectivity index (χ1v) is 8.24. The number of hydrogen-bond donors (Lipinski definition) is 0. The highest BCUT2D eigenvalue weighted by Crippen LogP contribution is 2.18. The second-order valence-corrected chi connectivity index (χ2v) is 6.32. The lowest BCUT2D eigenvalue weighted by Gasteiger charge is -2.23. The summed E-state index contributed by atoms with van der Waals surface area (Å²) in [5.74, 6) is 1.00. The molecule has 0 aromatic carbocycles. The number of imidazole rings is 1. The van der Waals surface area contributed by atoms with Gasteiger partial charge < -0.3 is 9.47 Å². The first-order valence-electron chi connectivity index (χ1n) is 8.24. The molecule has 4 rings (SSSR count). The lowest BCUT2D eigenvalue weighted by Crippen LogP contribution is -2.36. The van der Waals surface area contributed by atoms with Crippen molar-refractivity contribution in [2.75, 3.05) is 6.54 Å². The fourth-order valence-corrected chi connectivity index (χ4v) is 3.15. The minimum Gasteiger partial charge on any atom is -0.333 e. The quantitative estimate of drug-likeness (QED) is 0.716. The van der Waals surface area contributed by atoms with Crippen molar-refractivity contribution < 1.29 is 4.79 Å². The molecule has 0 spiro atoms. The van der Waals surface area contributed by atoms with E-state index in [2.05, 4.69) is 24.6 Å². The minimum atomic E-state index is -0.116. The van der Waals surface area contributed by atoms with Crippen LogP contribution >= 0.6 is 0 Å². The van der Waals surface area contributed by atoms with E-state index < -0.39 is 0 Å². The lowest BCUT2D eigenvalue weighted by molar-refractivity contribution is 0.0706. The van der Waals surface area contributed by atoms with Crippen LogP contribution in [-0.4, -0.2) is 46.7 Å². The van der Waals surface area contributed by atoms with E-state index in [0.29, 0.717) is 18.8 Å². The van der Waals surface area contributed by atoms with Crippen LogP contribution < -0.4 is 0 Å². The van der Waals surface area contributed by atoms with Crippen molar-refractivity contribution in [2.45, 2.75) is 26.6 Å². The first-order chi connectivity index (χ1) is 12.2. The number of aromatic nitrogens is 6. The number of nitrogens with zero attached hydrogens (tertiary/aromatic N) is 7. The molecule has 1 amide bonds. The Labute approximate surface area is 145 Å². The Morgan fingerprint density at radius 3 is 2.84 bits per heavy atom. The van der Waals surface area contributed by atoms with E-state index in [1.54, 1.807) is 23.5 Å². The standard InChI is InChI=1S/C17H19N7O/c1-13-7-20-15(8-19-13)17(25)23-10-14(11-24-5-2-3-21-24)9-22-6-4-18-16(22)12-23/h2-8,14H,9-12H2,1H3. The maximum atomic E-state index is 12.9. The average Bonchev–Trinajstić information content (AvgIpc) is 3.24. The molecule has 8 heteroatoms. The summed E-state index contributed by atoms with van der Waals surface area (Å²) in [4.78, 5) is 27.5. The zero-order valence-corrected chi connectivity index (χ0v) is 14.0. The Morgan fingerprint density at radius 2 is 2.08 bits per heavy atom. The minimum absolute atomic E-state index is 0.116. The van der Waals surface area contributed by atoms with Crippen molar-refractivity contribution in [1.82, 2.24) is 34.2 Å². The Morgan fingerprint density at radius 1 is 1.16 bits per heavy atom. The maximum Gasteiger partial charge on any atom is 0.274 e. The second kappa shape index (κ2) is 6.46. The third-order valence-electron chi connectivity index (χ3n) is 4.36. The molecule has 1 aliphatic heterocycles. The molecule has 1 unspecified atom stereocenters. The highest BCUT2D eigenvalue weighted by molar-refractivity contribution is 5.91. The number of rotatable bonds is 3. The first kappa shape index (κ1) is 15.5. The van der Waals surface area contributed by atoms with E-state index >= 15 is 0 Å². The summed E-state index contributed by atoms with van der Waals surface area (Å²) in [5, 5.41) is 4.29. The molecule has 0 bridgehead atoms. The smallest absolute Gasteiger partial charge is 0.274 e. The number of aryl methyl sites for hydroxylation is 1. The van der Waals surface area contributed by atoms with Crippen molar-refractivity contribution in [3.63, 3.8) is 0 Å². The SMILES string of the molecule is Cc1cnc(C(=O)N2Cc3nccn3CC(Cn3cccn3)C2)cn1. The Bertz CT molecular complexity index is 854. The predicted octanol–water partition coefficient (Wildman–Crippen LogP) is 1.15. The van der Waals surface area contributed by atoms with Crippen LogP contribution in [0.25, 0.3) is 0 Å². The van der Waals surface area contributed by atoms with E-state index in [9.17, 15) is 4.79 Å². The van der Waals surface area contributed by atoms with Gasteiger partial charge in [0.2, 0.25) is 0 Å². The van der Waals surface area contributed by atoms with Gasteiger partial charge in [0.05, 0.1) is 18.4 Å². The fraction of sp³-hybridized carbons (Fsp3) is 0.353. The number of amides is 1. The molecule has 3 aromatic heterocycles. The third-order valence-corrected chi connectivity index (χ3v) is 4.36. The molecule has 25 heavy (non-hydrogen) atoms. The van der Waals surface area contributed by atoms with Gasteiger partial charge in [0.1, 0.15) is 11.5 Å². The summed E-state index contributed by atoms with van der Waals surface area (Å²) >= 11 is 0. The van der Waals surface area contributed by atoms with Gasteiger partial charge in [-0.2, -0.15) is 5.10 Å². The normalized spacial score (nSPS) is 17.2. The van der Waals surface area contributed by atoms with Gasteiger partial charge in [-0.15, -0.1) is 0 Å². The molecule has 1 aliphatic rings. The molecule has 0 N–H and O–H groups in total. The highest BCUT2D eigenvalue weighted by Gasteiger charge is 2.27.